The summed E-state index contributed by atoms with van der Waals surface area (Å²) in [4.78, 5) is 35.3. The van der Waals surface area contributed by atoms with E-state index in [1.807, 2.05) is 13.8 Å². The second-order valence-corrected chi connectivity index (χ2v) is 6.10. The molecule has 0 saturated heterocycles. The molecule has 0 bridgehead atoms. The number of carbonyl (C=O) groups excluding carboxylic acids is 3. The highest BCUT2D eigenvalue weighted by atomic mass is 35.5. The first kappa shape index (κ1) is 19.8. The maximum Gasteiger partial charge on any atom is 0.407 e. The molecule has 1 rings (SSSR count). The quantitative estimate of drug-likeness (QED) is 0.678. The van der Waals surface area contributed by atoms with E-state index in [1.165, 1.54) is 7.11 Å². The maximum atomic E-state index is 12.1. The van der Waals surface area contributed by atoms with Crippen molar-refractivity contribution in [2.24, 2.45) is 5.92 Å². The van der Waals surface area contributed by atoms with Crippen LogP contribution in [0, 0.1) is 5.92 Å². The molecule has 0 fully saturated rings. The van der Waals surface area contributed by atoms with Crippen molar-refractivity contribution in [3.05, 3.63) is 34.9 Å². The SMILES string of the molecule is COC(=O)NC(CC(C)C)C(=O)NNC(=O)Cc1ccc(Cl)cc1. The van der Waals surface area contributed by atoms with Crippen LogP contribution in [-0.2, 0) is 20.7 Å². The summed E-state index contributed by atoms with van der Waals surface area (Å²) in [6.45, 7) is 3.83. The van der Waals surface area contributed by atoms with E-state index in [-0.39, 0.29) is 18.2 Å². The third-order valence-electron chi connectivity index (χ3n) is 3.10. The Labute approximate surface area is 146 Å². The number of methoxy groups -OCH3 is 1. The van der Waals surface area contributed by atoms with Crippen LogP contribution in [-0.4, -0.2) is 31.1 Å². The summed E-state index contributed by atoms with van der Waals surface area (Å²) in [6.07, 6.45) is -0.201. The van der Waals surface area contributed by atoms with Crippen LogP contribution < -0.4 is 16.2 Å². The third-order valence-corrected chi connectivity index (χ3v) is 3.36. The number of amides is 3. The Balaban J connectivity index is 2.52. The fourth-order valence-electron chi connectivity index (χ4n) is 1.95. The van der Waals surface area contributed by atoms with Gasteiger partial charge in [0.15, 0.2) is 0 Å². The minimum Gasteiger partial charge on any atom is -0.453 e. The molecule has 0 spiro atoms. The van der Waals surface area contributed by atoms with Gasteiger partial charge in [-0.3, -0.25) is 20.4 Å². The van der Waals surface area contributed by atoms with Crippen LogP contribution >= 0.6 is 11.6 Å². The van der Waals surface area contributed by atoms with Crippen LogP contribution in [0.15, 0.2) is 24.3 Å². The number of carbonyl (C=O) groups is 3. The second kappa shape index (κ2) is 9.77. The van der Waals surface area contributed by atoms with Crippen LogP contribution in [0.3, 0.4) is 0 Å². The molecule has 0 radical (unpaired) electrons. The predicted octanol–water partition coefficient (Wildman–Crippen LogP) is 1.80. The number of nitrogens with one attached hydrogen (secondary N) is 3. The van der Waals surface area contributed by atoms with Crippen molar-refractivity contribution in [1.82, 2.24) is 16.2 Å². The molecule has 0 aliphatic rings. The molecule has 1 aromatic rings. The minimum absolute atomic E-state index is 0.0940. The molecule has 1 unspecified atom stereocenters. The zero-order valence-corrected chi connectivity index (χ0v) is 14.6. The zero-order valence-electron chi connectivity index (χ0n) is 13.9. The highest BCUT2D eigenvalue weighted by Gasteiger charge is 2.22. The molecule has 0 saturated carbocycles. The van der Waals surface area contributed by atoms with Crippen molar-refractivity contribution in [3.63, 3.8) is 0 Å². The number of alkyl carbamates (subject to hydrolysis) is 1. The highest BCUT2D eigenvalue weighted by molar-refractivity contribution is 6.30. The topological polar surface area (TPSA) is 96.5 Å². The summed E-state index contributed by atoms with van der Waals surface area (Å²) >= 11 is 5.78. The number of halogens is 1. The van der Waals surface area contributed by atoms with Crippen LogP contribution in [0.2, 0.25) is 5.02 Å². The van der Waals surface area contributed by atoms with Crippen molar-refractivity contribution >= 4 is 29.5 Å². The molecular formula is C16H22ClN3O4. The Morgan fingerprint density at radius 1 is 1.12 bits per heavy atom. The molecule has 24 heavy (non-hydrogen) atoms. The Hall–Kier alpha value is -2.28. The minimum atomic E-state index is -0.798. The van der Waals surface area contributed by atoms with Gasteiger partial charge in [-0.2, -0.15) is 0 Å². The Bertz CT molecular complexity index is 575. The van der Waals surface area contributed by atoms with Crippen LogP contribution in [0.4, 0.5) is 4.79 Å². The molecule has 1 atom stereocenters. The van der Waals surface area contributed by atoms with Gasteiger partial charge in [-0.1, -0.05) is 37.6 Å². The molecule has 132 valence electrons. The normalized spacial score (nSPS) is 11.5. The molecule has 0 heterocycles. The predicted molar refractivity (Wildman–Crippen MR) is 90.2 cm³/mol. The Morgan fingerprint density at radius 3 is 2.29 bits per heavy atom. The van der Waals surface area contributed by atoms with Crippen molar-refractivity contribution in [2.45, 2.75) is 32.7 Å². The molecule has 0 aliphatic heterocycles. The Morgan fingerprint density at radius 2 is 1.75 bits per heavy atom. The smallest absolute Gasteiger partial charge is 0.407 e. The summed E-state index contributed by atoms with van der Waals surface area (Å²) < 4.78 is 4.50. The molecule has 0 aliphatic carbocycles. The molecule has 7 nitrogen and oxygen atoms in total. The molecule has 3 amide bonds. The van der Waals surface area contributed by atoms with E-state index in [2.05, 4.69) is 20.9 Å². The number of ether oxygens (including phenoxy) is 1. The van der Waals surface area contributed by atoms with Gasteiger partial charge in [0.1, 0.15) is 6.04 Å². The van der Waals surface area contributed by atoms with E-state index < -0.39 is 18.0 Å². The van der Waals surface area contributed by atoms with Gasteiger partial charge in [-0.15, -0.1) is 0 Å². The van der Waals surface area contributed by atoms with Crippen molar-refractivity contribution in [2.75, 3.05) is 7.11 Å². The van der Waals surface area contributed by atoms with E-state index in [9.17, 15) is 14.4 Å². The molecule has 8 heteroatoms. The van der Waals surface area contributed by atoms with Gasteiger partial charge >= 0.3 is 6.09 Å². The molecular weight excluding hydrogens is 334 g/mol. The van der Waals surface area contributed by atoms with E-state index in [4.69, 9.17) is 11.6 Å². The van der Waals surface area contributed by atoms with Crippen LogP contribution in [0.5, 0.6) is 0 Å². The summed E-state index contributed by atoms with van der Waals surface area (Å²) in [5.41, 5.74) is 5.40. The third kappa shape index (κ3) is 7.32. The zero-order chi connectivity index (χ0) is 18.1. The summed E-state index contributed by atoms with van der Waals surface area (Å²) in [5.74, 6) is -0.728. The monoisotopic (exact) mass is 355 g/mol. The van der Waals surface area contributed by atoms with E-state index >= 15 is 0 Å². The van der Waals surface area contributed by atoms with Crippen LogP contribution in [0.25, 0.3) is 0 Å². The van der Waals surface area contributed by atoms with Gasteiger partial charge in [-0.05, 0) is 30.0 Å². The molecule has 0 aromatic heterocycles. The number of benzene rings is 1. The van der Waals surface area contributed by atoms with Crippen molar-refractivity contribution in [3.8, 4) is 0 Å². The summed E-state index contributed by atoms with van der Waals surface area (Å²) in [5, 5.41) is 3.02. The summed E-state index contributed by atoms with van der Waals surface area (Å²) in [6, 6.07) is 6.02. The average molecular weight is 356 g/mol. The number of hydrazine groups is 1. The van der Waals surface area contributed by atoms with Gasteiger partial charge in [0.05, 0.1) is 13.5 Å². The number of hydrogen-bond acceptors (Lipinski definition) is 4. The summed E-state index contributed by atoms with van der Waals surface area (Å²) in [7, 11) is 1.22. The van der Waals surface area contributed by atoms with Gasteiger partial charge in [-0.25, -0.2) is 4.79 Å². The van der Waals surface area contributed by atoms with E-state index in [0.717, 1.165) is 5.56 Å². The number of hydrogen-bond donors (Lipinski definition) is 3. The van der Waals surface area contributed by atoms with Crippen molar-refractivity contribution < 1.29 is 19.1 Å². The van der Waals surface area contributed by atoms with Gasteiger partial charge in [0.2, 0.25) is 5.91 Å². The van der Waals surface area contributed by atoms with Gasteiger partial charge in [0.25, 0.3) is 5.91 Å². The average Bonchev–Trinajstić information content (AvgIpc) is 2.53. The molecule has 1 aromatic carbocycles. The highest BCUT2D eigenvalue weighted by Crippen LogP contribution is 2.09. The Kier molecular flexibility index (Phi) is 8.05. The van der Waals surface area contributed by atoms with Crippen LogP contribution in [0.1, 0.15) is 25.8 Å². The fraction of sp³-hybridized carbons (Fsp3) is 0.438. The second-order valence-electron chi connectivity index (χ2n) is 5.66. The fourth-order valence-corrected chi connectivity index (χ4v) is 2.08. The lowest BCUT2D eigenvalue weighted by Gasteiger charge is -2.19. The maximum absolute atomic E-state index is 12.1. The lowest BCUT2D eigenvalue weighted by Crippen LogP contribution is -2.53. The first-order chi connectivity index (χ1) is 11.3. The largest absolute Gasteiger partial charge is 0.453 e. The van der Waals surface area contributed by atoms with E-state index in [0.29, 0.717) is 11.4 Å². The van der Waals surface area contributed by atoms with Gasteiger partial charge < -0.3 is 10.1 Å². The number of rotatable bonds is 6. The first-order valence-corrected chi connectivity index (χ1v) is 7.87. The van der Waals surface area contributed by atoms with E-state index in [1.54, 1.807) is 24.3 Å². The molecule has 3 N–H and O–H groups in total. The standard InChI is InChI=1S/C16H22ClN3O4/c1-10(2)8-13(18-16(23)24-3)15(22)20-19-14(21)9-11-4-6-12(17)7-5-11/h4-7,10,13H,8-9H2,1-3H3,(H,18,23)(H,19,21)(H,20,22). The van der Waals surface area contributed by atoms with Crippen molar-refractivity contribution in [1.29, 1.82) is 0 Å². The van der Waals surface area contributed by atoms with Gasteiger partial charge in [0, 0.05) is 5.02 Å². The lowest BCUT2D eigenvalue weighted by molar-refractivity contribution is -0.129. The lowest BCUT2D eigenvalue weighted by atomic mass is 10.0. The first-order valence-electron chi connectivity index (χ1n) is 7.49.